The van der Waals surface area contributed by atoms with Gasteiger partial charge < -0.3 is 4.74 Å². The van der Waals surface area contributed by atoms with E-state index in [1.54, 1.807) is 11.3 Å². The summed E-state index contributed by atoms with van der Waals surface area (Å²) in [6.07, 6.45) is 2.00. The fraction of sp³-hybridized carbons (Fsp3) is 0.235. The molecule has 0 radical (unpaired) electrons. The second-order valence-electron chi connectivity index (χ2n) is 5.07. The van der Waals surface area contributed by atoms with Crippen LogP contribution in [0.5, 0.6) is 0 Å². The molecule has 0 amide bonds. The number of pyridine rings is 1. The second-order valence-corrected chi connectivity index (χ2v) is 6.40. The van der Waals surface area contributed by atoms with Crippen molar-refractivity contribution in [1.82, 2.24) is 9.97 Å². The van der Waals surface area contributed by atoms with Gasteiger partial charge in [0.2, 0.25) is 0 Å². The first kappa shape index (κ1) is 15.9. The smallest absolute Gasteiger partial charge is 0.339 e. The van der Waals surface area contributed by atoms with Gasteiger partial charge in [0.05, 0.1) is 21.8 Å². The van der Waals surface area contributed by atoms with Crippen LogP contribution in [-0.4, -0.2) is 15.9 Å². The van der Waals surface area contributed by atoms with Crippen LogP contribution in [0.15, 0.2) is 35.7 Å². The quantitative estimate of drug-likeness (QED) is 0.498. The van der Waals surface area contributed by atoms with E-state index in [0.717, 1.165) is 28.9 Å². The van der Waals surface area contributed by atoms with Crippen LogP contribution in [-0.2, 0) is 17.8 Å². The second kappa shape index (κ2) is 7.06. The van der Waals surface area contributed by atoms with Gasteiger partial charge in [-0.3, -0.25) is 0 Å². The molecule has 3 rings (SSSR count). The van der Waals surface area contributed by atoms with E-state index in [2.05, 4.69) is 16.9 Å². The highest BCUT2D eigenvalue weighted by atomic mass is 35.5. The summed E-state index contributed by atoms with van der Waals surface area (Å²) < 4.78 is 5.39. The number of nitrogens with zero attached hydrogens (tertiary/aromatic N) is 2. The Labute approximate surface area is 143 Å². The molecule has 0 aliphatic heterocycles. The number of carbonyl (C=O) groups is 1. The third kappa shape index (κ3) is 3.68. The monoisotopic (exact) mass is 346 g/mol. The van der Waals surface area contributed by atoms with Gasteiger partial charge in [0.1, 0.15) is 11.8 Å². The van der Waals surface area contributed by atoms with Gasteiger partial charge in [-0.25, -0.2) is 14.8 Å². The molecule has 0 atom stereocenters. The summed E-state index contributed by atoms with van der Waals surface area (Å²) in [7, 11) is 0. The van der Waals surface area contributed by atoms with Gasteiger partial charge >= 0.3 is 5.97 Å². The number of thiazole rings is 1. The van der Waals surface area contributed by atoms with Crippen molar-refractivity contribution in [3.8, 4) is 0 Å². The Balaban J connectivity index is 1.78. The van der Waals surface area contributed by atoms with Crippen molar-refractivity contribution >= 4 is 39.8 Å². The number of aromatic nitrogens is 2. The Morgan fingerprint density at radius 2 is 2.13 bits per heavy atom. The summed E-state index contributed by atoms with van der Waals surface area (Å²) in [5, 5.41) is 3.99. The molecule has 0 N–H and O–H groups in total. The fourth-order valence-corrected chi connectivity index (χ4v) is 3.36. The molecule has 0 aliphatic rings. The van der Waals surface area contributed by atoms with Crippen LogP contribution >= 0.6 is 22.9 Å². The van der Waals surface area contributed by atoms with E-state index in [0.29, 0.717) is 11.1 Å². The van der Waals surface area contributed by atoms with Gasteiger partial charge in [-0.2, -0.15) is 0 Å². The normalized spacial score (nSPS) is 10.9. The first-order valence-corrected chi connectivity index (χ1v) is 8.59. The lowest BCUT2D eigenvalue weighted by Gasteiger charge is -2.07. The summed E-state index contributed by atoms with van der Waals surface area (Å²) in [5.74, 6) is -0.421. The average Bonchev–Trinajstić information content (AvgIpc) is 3.00. The van der Waals surface area contributed by atoms with Gasteiger partial charge in [0.15, 0.2) is 0 Å². The summed E-state index contributed by atoms with van der Waals surface area (Å²) in [6, 6.07) is 8.89. The highest BCUT2D eigenvalue weighted by molar-refractivity contribution is 7.09. The Kier molecular flexibility index (Phi) is 4.88. The maximum Gasteiger partial charge on any atom is 0.339 e. The molecular formula is C17H15ClN2O2S. The number of hydrogen-bond acceptors (Lipinski definition) is 5. The number of para-hydroxylation sites is 1. The average molecular weight is 347 g/mol. The molecule has 0 fully saturated rings. The Morgan fingerprint density at radius 1 is 1.30 bits per heavy atom. The standard InChI is InChI=1S/C17H15ClN2O2S/c1-2-5-16-19-11(10-23-16)9-22-17(21)13-8-15(18)20-14-7-4-3-6-12(13)14/h3-4,6-8,10H,2,5,9H2,1H3. The first-order valence-electron chi connectivity index (χ1n) is 7.33. The topological polar surface area (TPSA) is 52.1 Å². The molecule has 1 aromatic carbocycles. The van der Waals surface area contributed by atoms with Crippen molar-refractivity contribution < 1.29 is 9.53 Å². The number of aryl methyl sites for hydroxylation is 1. The molecule has 2 aromatic heterocycles. The maximum atomic E-state index is 12.4. The lowest BCUT2D eigenvalue weighted by atomic mass is 10.1. The van der Waals surface area contributed by atoms with Crippen LogP contribution in [0.4, 0.5) is 0 Å². The van der Waals surface area contributed by atoms with Crippen LogP contribution in [0.2, 0.25) is 5.15 Å². The predicted molar refractivity (Wildman–Crippen MR) is 92.0 cm³/mol. The van der Waals surface area contributed by atoms with Crippen LogP contribution in [0, 0.1) is 0 Å². The molecule has 0 saturated carbocycles. The van der Waals surface area contributed by atoms with E-state index in [4.69, 9.17) is 16.3 Å². The van der Waals surface area contributed by atoms with E-state index >= 15 is 0 Å². The van der Waals surface area contributed by atoms with Crippen molar-refractivity contribution in [2.45, 2.75) is 26.4 Å². The zero-order valence-electron chi connectivity index (χ0n) is 12.6. The molecule has 0 unspecified atom stereocenters. The number of fused-ring (bicyclic) bond motifs is 1. The zero-order valence-corrected chi connectivity index (χ0v) is 14.2. The van der Waals surface area contributed by atoms with Crippen LogP contribution in [0.1, 0.15) is 34.4 Å². The Bertz CT molecular complexity index is 847. The minimum Gasteiger partial charge on any atom is -0.456 e. The lowest BCUT2D eigenvalue weighted by molar-refractivity contribution is 0.0470. The summed E-state index contributed by atoms with van der Waals surface area (Å²) in [4.78, 5) is 21.0. The first-order chi connectivity index (χ1) is 11.2. The van der Waals surface area contributed by atoms with Crippen molar-refractivity contribution in [2.24, 2.45) is 0 Å². The number of carbonyl (C=O) groups excluding carboxylic acids is 1. The fourth-order valence-electron chi connectivity index (χ4n) is 2.27. The third-order valence-electron chi connectivity index (χ3n) is 3.32. The van der Waals surface area contributed by atoms with E-state index in [9.17, 15) is 4.79 Å². The molecule has 3 aromatic rings. The maximum absolute atomic E-state index is 12.4. The lowest BCUT2D eigenvalue weighted by Crippen LogP contribution is -2.07. The molecule has 0 bridgehead atoms. The SMILES string of the molecule is CCCc1nc(COC(=O)c2cc(Cl)nc3ccccc23)cs1. The molecule has 0 saturated heterocycles. The van der Waals surface area contributed by atoms with Gasteiger partial charge in [0, 0.05) is 10.8 Å². The van der Waals surface area contributed by atoms with Gasteiger partial charge in [-0.05, 0) is 25.0 Å². The van der Waals surface area contributed by atoms with E-state index in [1.807, 2.05) is 29.6 Å². The predicted octanol–water partition coefficient (Wildman–Crippen LogP) is 4.65. The number of halogens is 1. The highest BCUT2D eigenvalue weighted by Crippen LogP contribution is 2.22. The number of rotatable bonds is 5. The van der Waals surface area contributed by atoms with Crippen molar-refractivity contribution in [3.05, 3.63) is 57.1 Å². The minimum absolute atomic E-state index is 0.160. The Morgan fingerprint density at radius 3 is 2.96 bits per heavy atom. The van der Waals surface area contributed by atoms with Gasteiger partial charge in [-0.15, -0.1) is 11.3 Å². The van der Waals surface area contributed by atoms with Gasteiger partial charge in [0.25, 0.3) is 0 Å². The number of ether oxygens (including phenoxy) is 1. The molecule has 118 valence electrons. The van der Waals surface area contributed by atoms with Crippen LogP contribution in [0.3, 0.4) is 0 Å². The Hall–Kier alpha value is -1.98. The summed E-state index contributed by atoms with van der Waals surface area (Å²) >= 11 is 7.59. The van der Waals surface area contributed by atoms with E-state index in [-0.39, 0.29) is 11.8 Å². The third-order valence-corrected chi connectivity index (χ3v) is 4.47. The van der Waals surface area contributed by atoms with Crippen molar-refractivity contribution in [3.63, 3.8) is 0 Å². The molecule has 2 heterocycles. The molecule has 0 spiro atoms. The number of hydrogen-bond donors (Lipinski definition) is 0. The molecule has 6 heteroatoms. The molecule has 23 heavy (non-hydrogen) atoms. The van der Waals surface area contributed by atoms with Crippen LogP contribution in [0.25, 0.3) is 10.9 Å². The van der Waals surface area contributed by atoms with Gasteiger partial charge in [-0.1, -0.05) is 36.7 Å². The summed E-state index contributed by atoms with van der Waals surface area (Å²) in [6.45, 7) is 2.27. The van der Waals surface area contributed by atoms with Crippen molar-refractivity contribution in [2.75, 3.05) is 0 Å². The minimum atomic E-state index is -0.421. The number of benzene rings is 1. The van der Waals surface area contributed by atoms with Crippen molar-refractivity contribution in [1.29, 1.82) is 0 Å². The largest absolute Gasteiger partial charge is 0.456 e. The van der Waals surface area contributed by atoms with E-state index in [1.165, 1.54) is 6.07 Å². The van der Waals surface area contributed by atoms with Crippen LogP contribution < -0.4 is 0 Å². The molecular weight excluding hydrogens is 332 g/mol. The zero-order chi connectivity index (χ0) is 16.2. The number of esters is 1. The highest BCUT2D eigenvalue weighted by Gasteiger charge is 2.14. The summed E-state index contributed by atoms with van der Waals surface area (Å²) in [5.41, 5.74) is 1.87. The van der Waals surface area contributed by atoms with E-state index < -0.39 is 5.97 Å². The molecule has 0 aliphatic carbocycles. The molecule has 4 nitrogen and oxygen atoms in total.